The first kappa shape index (κ1) is 20.0. The van der Waals surface area contributed by atoms with E-state index in [2.05, 4.69) is 5.32 Å². The Morgan fingerprint density at radius 2 is 2.00 bits per heavy atom. The first-order valence-electron chi connectivity index (χ1n) is 8.41. The molecule has 1 fully saturated rings. The van der Waals surface area contributed by atoms with Crippen LogP contribution in [0.3, 0.4) is 0 Å². The van der Waals surface area contributed by atoms with Crippen molar-refractivity contribution >= 4 is 35.1 Å². The van der Waals surface area contributed by atoms with Gasteiger partial charge in [0.05, 0.1) is 10.7 Å². The number of nitrogens with two attached hydrogens (primary N) is 1. The maximum atomic E-state index is 13.0. The third-order valence-electron chi connectivity index (χ3n) is 4.47. The molecule has 0 saturated carbocycles. The Balaban J connectivity index is 2.24. The minimum atomic E-state index is -1.03. The van der Waals surface area contributed by atoms with E-state index in [1.165, 1.54) is 23.1 Å². The largest absolute Gasteiger partial charge is 0.480 e. The number of carbonyl (C=O) groups is 3. The van der Waals surface area contributed by atoms with Crippen LogP contribution in [0.15, 0.2) is 18.2 Å². The van der Waals surface area contributed by atoms with Gasteiger partial charge in [-0.15, -0.1) is 0 Å². The highest BCUT2D eigenvalue weighted by Gasteiger charge is 2.41. The lowest BCUT2D eigenvalue weighted by Crippen LogP contribution is -2.56. The van der Waals surface area contributed by atoms with Gasteiger partial charge < -0.3 is 21.1 Å². The summed E-state index contributed by atoms with van der Waals surface area (Å²) < 4.78 is 0. The van der Waals surface area contributed by atoms with Crippen LogP contribution in [0, 0.1) is 5.41 Å². The van der Waals surface area contributed by atoms with E-state index in [-0.39, 0.29) is 10.6 Å². The van der Waals surface area contributed by atoms with Crippen molar-refractivity contribution in [3.05, 3.63) is 28.8 Å². The van der Waals surface area contributed by atoms with Crippen LogP contribution in [0.25, 0.3) is 0 Å². The van der Waals surface area contributed by atoms with Crippen LogP contribution in [0.4, 0.5) is 5.69 Å². The monoisotopic (exact) mass is 381 g/mol. The normalized spacial score (nSPS) is 18.5. The molecular weight excluding hydrogens is 358 g/mol. The fraction of sp³-hybridized carbons (Fsp3) is 0.500. The van der Waals surface area contributed by atoms with Crippen molar-refractivity contribution in [3.63, 3.8) is 0 Å². The summed E-state index contributed by atoms with van der Waals surface area (Å²) in [6.07, 6.45) is 1.04. The van der Waals surface area contributed by atoms with Crippen molar-refractivity contribution in [2.24, 2.45) is 5.41 Å². The summed E-state index contributed by atoms with van der Waals surface area (Å²) in [5.41, 5.74) is 5.69. The van der Waals surface area contributed by atoms with Crippen molar-refractivity contribution < 1.29 is 19.5 Å². The quantitative estimate of drug-likeness (QED) is 0.691. The number of halogens is 1. The molecule has 26 heavy (non-hydrogen) atoms. The number of benzene rings is 1. The summed E-state index contributed by atoms with van der Waals surface area (Å²) in [6, 6.07) is 2.76. The number of carboxylic acids is 1. The van der Waals surface area contributed by atoms with E-state index in [4.69, 9.17) is 17.3 Å². The molecule has 2 rings (SSSR count). The molecule has 4 N–H and O–H groups in total. The van der Waals surface area contributed by atoms with E-state index in [0.29, 0.717) is 25.1 Å². The second-order valence-corrected chi connectivity index (χ2v) is 7.94. The number of nitrogen functional groups attached to an aromatic ring is 1. The summed E-state index contributed by atoms with van der Waals surface area (Å²) >= 11 is 5.96. The second-order valence-electron chi connectivity index (χ2n) is 7.54. The minimum absolute atomic E-state index is 0.252. The van der Waals surface area contributed by atoms with Gasteiger partial charge in [0.1, 0.15) is 12.1 Å². The van der Waals surface area contributed by atoms with Gasteiger partial charge in [-0.1, -0.05) is 32.4 Å². The molecule has 0 aliphatic carbocycles. The highest BCUT2D eigenvalue weighted by atomic mass is 35.5. The predicted octanol–water partition coefficient (Wildman–Crippen LogP) is 2.14. The Labute approximate surface area is 157 Å². The van der Waals surface area contributed by atoms with Crippen molar-refractivity contribution in [2.75, 3.05) is 12.3 Å². The van der Waals surface area contributed by atoms with E-state index in [1.54, 1.807) is 0 Å². The predicted molar refractivity (Wildman–Crippen MR) is 98.9 cm³/mol. The summed E-state index contributed by atoms with van der Waals surface area (Å²) in [6.45, 7) is 5.82. The molecule has 1 aliphatic heterocycles. The van der Waals surface area contributed by atoms with Gasteiger partial charge in [-0.2, -0.15) is 0 Å². The molecule has 8 heteroatoms. The molecule has 2 atom stereocenters. The van der Waals surface area contributed by atoms with E-state index >= 15 is 0 Å². The summed E-state index contributed by atoms with van der Waals surface area (Å²) in [5, 5.41) is 12.3. The van der Waals surface area contributed by atoms with Gasteiger partial charge in [0, 0.05) is 12.1 Å². The lowest BCUT2D eigenvalue weighted by Gasteiger charge is -2.34. The first-order valence-corrected chi connectivity index (χ1v) is 8.79. The van der Waals surface area contributed by atoms with E-state index in [0.717, 1.165) is 0 Å². The molecule has 0 spiro atoms. The van der Waals surface area contributed by atoms with Gasteiger partial charge in [0.25, 0.3) is 5.91 Å². The number of carboxylic acid groups (broad SMARTS) is 1. The summed E-state index contributed by atoms with van der Waals surface area (Å²) in [4.78, 5) is 38.3. The van der Waals surface area contributed by atoms with Gasteiger partial charge in [-0.25, -0.2) is 4.79 Å². The smallest absolute Gasteiger partial charge is 0.326 e. The zero-order valence-corrected chi connectivity index (χ0v) is 15.8. The zero-order valence-electron chi connectivity index (χ0n) is 15.1. The lowest BCUT2D eigenvalue weighted by atomic mass is 9.85. The Morgan fingerprint density at radius 3 is 2.54 bits per heavy atom. The van der Waals surface area contributed by atoms with Gasteiger partial charge in [-0.3, -0.25) is 9.59 Å². The van der Waals surface area contributed by atoms with Crippen LogP contribution in [-0.2, 0) is 9.59 Å². The molecule has 1 aliphatic rings. The molecule has 2 amide bonds. The fourth-order valence-corrected chi connectivity index (χ4v) is 3.17. The van der Waals surface area contributed by atoms with Gasteiger partial charge in [0.15, 0.2) is 0 Å². The van der Waals surface area contributed by atoms with Crippen molar-refractivity contribution in [1.82, 2.24) is 10.2 Å². The van der Waals surface area contributed by atoms with Gasteiger partial charge in [-0.05, 0) is 36.5 Å². The Morgan fingerprint density at radius 1 is 1.35 bits per heavy atom. The second kappa shape index (κ2) is 7.53. The summed E-state index contributed by atoms with van der Waals surface area (Å²) in [5.74, 6) is -1.89. The first-order chi connectivity index (χ1) is 12.0. The van der Waals surface area contributed by atoms with Crippen LogP contribution in [0.5, 0.6) is 0 Å². The van der Waals surface area contributed by atoms with E-state index in [1.807, 2.05) is 20.8 Å². The molecule has 1 aromatic rings. The highest BCUT2D eigenvalue weighted by Crippen LogP contribution is 2.26. The molecular formula is C18H24ClN3O4. The molecule has 7 nitrogen and oxygen atoms in total. The van der Waals surface area contributed by atoms with Crippen LogP contribution in [-0.4, -0.2) is 46.4 Å². The Hall–Kier alpha value is -2.28. The number of nitrogens with one attached hydrogen (secondary N) is 1. The molecule has 0 bridgehead atoms. The van der Waals surface area contributed by atoms with Crippen molar-refractivity contribution in [1.29, 1.82) is 0 Å². The maximum Gasteiger partial charge on any atom is 0.326 e. The molecule has 0 aromatic heterocycles. The van der Waals surface area contributed by atoms with E-state index in [9.17, 15) is 19.5 Å². The number of anilines is 1. The average molecular weight is 382 g/mol. The van der Waals surface area contributed by atoms with Crippen LogP contribution in [0.2, 0.25) is 5.02 Å². The van der Waals surface area contributed by atoms with Crippen LogP contribution in [0.1, 0.15) is 44.0 Å². The third kappa shape index (κ3) is 4.27. The number of hydrogen-bond acceptors (Lipinski definition) is 4. The topological polar surface area (TPSA) is 113 Å². The van der Waals surface area contributed by atoms with Gasteiger partial charge >= 0.3 is 5.97 Å². The Bertz CT molecular complexity index is 730. The van der Waals surface area contributed by atoms with Crippen LogP contribution < -0.4 is 11.1 Å². The highest BCUT2D eigenvalue weighted by molar-refractivity contribution is 6.33. The molecule has 1 unspecified atom stereocenters. The fourth-order valence-electron chi connectivity index (χ4n) is 2.98. The molecule has 1 heterocycles. The minimum Gasteiger partial charge on any atom is -0.480 e. The van der Waals surface area contributed by atoms with E-state index < -0.39 is 35.3 Å². The number of nitrogens with zero attached hydrogens (tertiary/aromatic N) is 1. The molecule has 142 valence electrons. The number of amides is 2. The van der Waals surface area contributed by atoms with Crippen molar-refractivity contribution in [2.45, 2.75) is 45.7 Å². The molecule has 1 aromatic carbocycles. The number of carbonyl (C=O) groups excluding carboxylic acids is 2. The number of likely N-dealkylation sites (tertiary alicyclic amines) is 1. The number of aliphatic carboxylic acids is 1. The number of rotatable bonds is 4. The van der Waals surface area contributed by atoms with Gasteiger partial charge in [0.2, 0.25) is 5.91 Å². The SMILES string of the molecule is CC(C)(C)[C@H](NC(=O)c1ccc(N)c(Cl)c1)C(=O)N1CCCC1C(=O)O. The average Bonchev–Trinajstić information content (AvgIpc) is 3.03. The number of hydrogen-bond donors (Lipinski definition) is 3. The summed E-state index contributed by atoms with van der Waals surface area (Å²) in [7, 11) is 0. The van der Waals surface area contributed by atoms with Crippen molar-refractivity contribution in [3.8, 4) is 0 Å². The third-order valence-corrected chi connectivity index (χ3v) is 4.80. The standard InChI is InChI=1S/C18H24ClN3O4/c1-18(2,3)14(16(24)22-8-4-5-13(22)17(25)26)21-15(23)10-6-7-12(20)11(19)9-10/h6-7,9,13-14H,4-5,8,20H2,1-3H3,(H,21,23)(H,25,26)/t13?,14-/m1/s1. The molecule has 0 radical (unpaired) electrons. The maximum absolute atomic E-state index is 13.0. The molecule has 1 saturated heterocycles. The lowest BCUT2D eigenvalue weighted by molar-refractivity contribution is -0.150. The Kier molecular flexibility index (Phi) is 5.81. The zero-order chi connectivity index (χ0) is 19.6. The van der Waals surface area contributed by atoms with Crippen LogP contribution >= 0.6 is 11.6 Å².